The Hall–Kier alpha value is -2.37. The van der Waals surface area contributed by atoms with Crippen LogP contribution in [0.1, 0.15) is 271 Å². The number of ether oxygens (including phenoxy) is 2. The Kier molecular flexibility index (Phi) is 49.9. The maximum Gasteiger partial charge on any atom is 0.220 e. The Morgan fingerprint density at radius 3 is 1.32 bits per heavy atom. The largest absolute Gasteiger partial charge is 0.394 e. The maximum atomic E-state index is 13.0. The summed E-state index contributed by atoms with van der Waals surface area (Å²) in [5.41, 5.74) is 0. The van der Waals surface area contributed by atoms with E-state index >= 15 is 0 Å². The van der Waals surface area contributed by atoms with Crippen molar-refractivity contribution in [2.24, 2.45) is 0 Å². The Balaban J connectivity index is 2.20. The highest BCUT2D eigenvalue weighted by atomic mass is 16.7. The third kappa shape index (κ3) is 42.4. The van der Waals surface area contributed by atoms with Crippen LogP contribution in [0.4, 0.5) is 0 Å². The second-order valence-corrected chi connectivity index (χ2v) is 21.1. The van der Waals surface area contributed by atoms with Gasteiger partial charge < -0.3 is 40.3 Å². The lowest BCUT2D eigenvalue weighted by Crippen LogP contribution is -2.60. The van der Waals surface area contributed by atoms with Crippen LogP contribution in [-0.2, 0) is 14.3 Å². The number of carbonyl (C=O) groups is 1. The zero-order valence-electron chi connectivity index (χ0n) is 47.1. The van der Waals surface area contributed by atoms with Gasteiger partial charge in [-0.15, -0.1) is 0 Å². The van der Waals surface area contributed by atoms with Crippen LogP contribution in [0, 0.1) is 0 Å². The summed E-state index contributed by atoms with van der Waals surface area (Å²) in [6.07, 6.45) is 67.1. The summed E-state index contributed by atoms with van der Waals surface area (Å²) in [5.74, 6) is -0.202. The van der Waals surface area contributed by atoms with E-state index in [1.165, 1.54) is 173 Å². The first-order chi connectivity index (χ1) is 35.8. The molecule has 1 aliphatic heterocycles. The molecule has 0 aromatic rings. The van der Waals surface area contributed by atoms with Gasteiger partial charge in [-0.25, -0.2) is 0 Å². The van der Waals surface area contributed by atoms with E-state index < -0.39 is 49.5 Å². The van der Waals surface area contributed by atoms with Crippen molar-refractivity contribution in [2.75, 3.05) is 13.2 Å². The summed E-state index contributed by atoms with van der Waals surface area (Å²) in [4.78, 5) is 13.0. The van der Waals surface area contributed by atoms with Crippen LogP contribution in [0.3, 0.4) is 0 Å². The van der Waals surface area contributed by atoms with Crippen LogP contribution in [0.15, 0.2) is 72.9 Å². The predicted octanol–water partition coefficient (Wildman–Crippen LogP) is 15.6. The predicted molar refractivity (Wildman–Crippen MR) is 309 cm³/mol. The zero-order valence-corrected chi connectivity index (χ0v) is 47.1. The number of aliphatic hydroxyl groups is 5. The summed E-state index contributed by atoms with van der Waals surface area (Å²) in [6.45, 7) is 3.66. The van der Waals surface area contributed by atoms with Gasteiger partial charge in [0.05, 0.1) is 25.4 Å². The summed E-state index contributed by atoms with van der Waals surface area (Å²) >= 11 is 0. The van der Waals surface area contributed by atoms with Crippen LogP contribution in [0.25, 0.3) is 0 Å². The lowest BCUT2D eigenvalue weighted by molar-refractivity contribution is -0.302. The molecular weight excluding hydrogens is 911 g/mol. The molecule has 9 heteroatoms. The quantitative estimate of drug-likeness (QED) is 0.0261. The minimum Gasteiger partial charge on any atom is -0.394 e. The molecule has 0 aliphatic carbocycles. The first-order valence-electron chi connectivity index (χ1n) is 30.7. The molecule has 1 rings (SSSR count). The van der Waals surface area contributed by atoms with E-state index in [0.717, 1.165) is 77.0 Å². The van der Waals surface area contributed by atoms with Gasteiger partial charge in [-0.05, 0) is 77.0 Å². The zero-order chi connectivity index (χ0) is 52.9. The van der Waals surface area contributed by atoms with Crippen LogP contribution in [-0.4, -0.2) is 87.5 Å². The number of rotatable bonds is 52. The highest BCUT2D eigenvalue weighted by molar-refractivity contribution is 5.76. The van der Waals surface area contributed by atoms with Crippen molar-refractivity contribution in [1.82, 2.24) is 5.32 Å². The number of hydrogen-bond donors (Lipinski definition) is 6. The number of hydrogen-bond acceptors (Lipinski definition) is 8. The van der Waals surface area contributed by atoms with Gasteiger partial charge in [-0.1, -0.05) is 260 Å². The monoisotopic (exact) mass is 1030 g/mol. The van der Waals surface area contributed by atoms with Crippen molar-refractivity contribution >= 4 is 5.91 Å². The summed E-state index contributed by atoms with van der Waals surface area (Å²) < 4.78 is 11.2. The number of allylic oxidation sites excluding steroid dienone is 11. The summed E-state index contributed by atoms with van der Waals surface area (Å²) in [5, 5.41) is 54.5. The lowest BCUT2D eigenvalue weighted by Gasteiger charge is -2.40. The molecule has 1 amide bonds. The van der Waals surface area contributed by atoms with Crippen LogP contribution in [0.2, 0.25) is 0 Å². The standard InChI is InChI=1S/C64H115NO8/c1-3-5-7-9-11-13-15-17-19-21-22-23-24-25-26-27-28-29-30-31-32-33-34-35-36-38-39-41-43-45-47-49-51-53-58(67)57(56-72-64-63(71)62(70)61(69)59(55-66)73-64)65-60(68)54-52-50-48-46-44-42-40-37-20-18-16-14-12-10-8-6-4-2/h6,8,12,14,18,20,36,38,43,45,51,53,57-59,61-64,66-67,69-71H,3-5,7,9-11,13,15-17,19,21-35,37,39-42,44,46-50,52,54-56H2,1-2H3,(H,65,68)/b8-6-,14-12-,20-18-,38-36+,45-43+,53-51+. The number of amides is 1. The molecule has 1 fully saturated rings. The van der Waals surface area contributed by atoms with Crippen molar-refractivity contribution in [3.8, 4) is 0 Å². The SMILES string of the molecule is CC/C=C\C/C=C\C/C=C\CCCCCCCCCC(=O)NC(COC1OC(CO)C(O)C(O)C1O)C(O)/C=C/CC/C=C/CC/C=C/CCCCCCCCCCCCCCCCCCCCCCCCC. The molecule has 1 saturated heterocycles. The minimum atomic E-state index is -1.58. The molecule has 0 radical (unpaired) electrons. The average molecular weight is 1030 g/mol. The number of aliphatic hydroxyl groups excluding tert-OH is 5. The third-order valence-electron chi connectivity index (χ3n) is 14.2. The summed E-state index contributed by atoms with van der Waals surface area (Å²) in [6, 6.07) is -0.838. The van der Waals surface area contributed by atoms with Gasteiger partial charge in [-0.3, -0.25) is 4.79 Å². The molecule has 0 aromatic carbocycles. The fraction of sp³-hybridized carbons (Fsp3) is 0.797. The van der Waals surface area contributed by atoms with E-state index in [1.807, 2.05) is 6.08 Å². The molecule has 0 bridgehead atoms. The van der Waals surface area contributed by atoms with E-state index in [-0.39, 0.29) is 12.5 Å². The van der Waals surface area contributed by atoms with E-state index in [1.54, 1.807) is 6.08 Å². The van der Waals surface area contributed by atoms with Crippen LogP contribution >= 0.6 is 0 Å². The normalized spacial score (nSPS) is 19.6. The van der Waals surface area contributed by atoms with Gasteiger partial charge in [0.15, 0.2) is 6.29 Å². The molecule has 1 heterocycles. The Labute approximate surface area is 448 Å². The summed E-state index contributed by atoms with van der Waals surface area (Å²) in [7, 11) is 0. The molecule has 7 unspecified atom stereocenters. The molecule has 424 valence electrons. The molecule has 0 saturated carbocycles. The number of carbonyl (C=O) groups excluding carboxylic acids is 1. The fourth-order valence-corrected chi connectivity index (χ4v) is 9.44. The first kappa shape index (κ1) is 68.6. The van der Waals surface area contributed by atoms with Gasteiger partial charge in [0.25, 0.3) is 0 Å². The van der Waals surface area contributed by atoms with E-state index in [4.69, 9.17) is 9.47 Å². The second kappa shape index (κ2) is 53.0. The Bertz CT molecular complexity index is 1380. The molecule has 73 heavy (non-hydrogen) atoms. The van der Waals surface area contributed by atoms with Crippen molar-refractivity contribution < 1.29 is 39.8 Å². The highest BCUT2D eigenvalue weighted by Crippen LogP contribution is 2.23. The molecule has 6 N–H and O–H groups in total. The maximum absolute atomic E-state index is 13.0. The first-order valence-corrected chi connectivity index (χ1v) is 30.7. The van der Waals surface area contributed by atoms with Gasteiger partial charge in [-0.2, -0.15) is 0 Å². The van der Waals surface area contributed by atoms with Gasteiger partial charge >= 0.3 is 0 Å². The van der Waals surface area contributed by atoms with E-state index in [2.05, 4.69) is 79.9 Å². The molecule has 1 aliphatic rings. The topological polar surface area (TPSA) is 149 Å². The molecule has 7 atom stereocenters. The van der Waals surface area contributed by atoms with Gasteiger partial charge in [0.1, 0.15) is 24.4 Å². The fourth-order valence-electron chi connectivity index (χ4n) is 9.44. The van der Waals surface area contributed by atoms with Crippen molar-refractivity contribution in [2.45, 2.75) is 314 Å². The molecular formula is C64H115NO8. The van der Waals surface area contributed by atoms with Gasteiger partial charge in [0, 0.05) is 6.42 Å². The van der Waals surface area contributed by atoms with E-state index in [0.29, 0.717) is 6.42 Å². The second-order valence-electron chi connectivity index (χ2n) is 21.1. The van der Waals surface area contributed by atoms with Crippen molar-refractivity contribution in [1.29, 1.82) is 0 Å². The average Bonchev–Trinajstić information content (AvgIpc) is 3.39. The van der Waals surface area contributed by atoms with Crippen LogP contribution < -0.4 is 5.32 Å². The number of unbranched alkanes of at least 4 members (excludes halogenated alkanes) is 32. The third-order valence-corrected chi connectivity index (χ3v) is 14.2. The molecule has 0 aromatic heterocycles. The van der Waals surface area contributed by atoms with Crippen LogP contribution in [0.5, 0.6) is 0 Å². The van der Waals surface area contributed by atoms with Crippen molar-refractivity contribution in [3.05, 3.63) is 72.9 Å². The van der Waals surface area contributed by atoms with E-state index in [9.17, 15) is 30.3 Å². The Morgan fingerprint density at radius 2 is 0.863 bits per heavy atom. The smallest absolute Gasteiger partial charge is 0.220 e. The lowest BCUT2D eigenvalue weighted by atomic mass is 9.99. The number of nitrogens with one attached hydrogen (secondary N) is 1. The highest BCUT2D eigenvalue weighted by Gasteiger charge is 2.44. The van der Waals surface area contributed by atoms with Crippen molar-refractivity contribution in [3.63, 3.8) is 0 Å². The Morgan fingerprint density at radius 1 is 0.479 bits per heavy atom. The van der Waals surface area contributed by atoms with Gasteiger partial charge in [0.2, 0.25) is 5.91 Å². The molecule has 9 nitrogen and oxygen atoms in total. The minimum absolute atomic E-state index is 0.202. The molecule has 0 spiro atoms.